The molecular formula is C16H26N2. The standard InChI is InChI=1S/C16H26N2/c1-13-4-5-14(2)16(12-13)15(3)6-9-18-10-7-17-8-11-18/h4-5,12,15,17H,6-11H2,1-3H3. The summed E-state index contributed by atoms with van der Waals surface area (Å²) in [6.07, 6.45) is 1.27. The number of nitrogens with one attached hydrogen (secondary N) is 1. The fraction of sp³-hybridized carbons (Fsp3) is 0.625. The van der Waals surface area contributed by atoms with E-state index in [0.29, 0.717) is 5.92 Å². The number of nitrogens with zero attached hydrogens (tertiary/aromatic N) is 1. The first kappa shape index (κ1) is 13.6. The molecule has 0 bridgehead atoms. The fourth-order valence-corrected chi connectivity index (χ4v) is 2.76. The van der Waals surface area contributed by atoms with Gasteiger partial charge in [-0.3, -0.25) is 0 Å². The van der Waals surface area contributed by atoms with Crippen molar-refractivity contribution >= 4 is 0 Å². The highest BCUT2D eigenvalue weighted by Crippen LogP contribution is 2.24. The van der Waals surface area contributed by atoms with Gasteiger partial charge in [0.1, 0.15) is 0 Å². The predicted molar refractivity (Wildman–Crippen MR) is 78.3 cm³/mol. The molecule has 0 aliphatic carbocycles. The van der Waals surface area contributed by atoms with E-state index in [0.717, 1.165) is 13.1 Å². The molecule has 1 aliphatic heterocycles. The molecule has 0 saturated carbocycles. The third-order valence-corrected chi connectivity index (χ3v) is 4.05. The highest BCUT2D eigenvalue weighted by molar-refractivity contribution is 5.32. The Morgan fingerprint density at radius 1 is 1.22 bits per heavy atom. The molecule has 1 aromatic carbocycles. The highest BCUT2D eigenvalue weighted by Gasteiger charge is 2.13. The van der Waals surface area contributed by atoms with Gasteiger partial charge >= 0.3 is 0 Å². The van der Waals surface area contributed by atoms with Crippen LogP contribution in [0, 0.1) is 13.8 Å². The van der Waals surface area contributed by atoms with E-state index in [-0.39, 0.29) is 0 Å². The van der Waals surface area contributed by atoms with Crippen molar-refractivity contribution in [3.63, 3.8) is 0 Å². The van der Waals surface area contributed by atoms with Crippen LogP contribution < -0.4 is 5.32 Å². The number of hydrogen-bond acceptors (Lipinski definition) is 2. The van der Waals surface area contributed by atoms with E-state index in [1.165, 1.54) is 42.7 Å². The second-order valence-corrected chi connectivity index (χ2v) is 5.64. The van der Waals surface area contributed by atoms with Crippen molar-refractivity contribution in [3.8, 4) is 0 Å². The van der Waals surface area contributed by atoms with Crippen LogP contribution >= 0.6 is 0 Å². The van der Waals surface area contributed by atoms with Crippen LogP contribution in [0.1, 0.15) is 36.0 Å². The SMILES string of the molecule is Cc1ccc(C)c(C(C)CCN2CCNCC2)c1. The molecule has 0 amide bonds. The van der Waals surface area contributed by atoms with Crippen molar-refractivity contribution in [1.29, 1.82) is 0 Å². The Morgan fingerprint density at radius 3 is 2.67 bits per heavy atom. The normalized spacial score (nSPS) is 18.8. The average molecular weight is 246 g/mol. The Bertz CT molecular complexity index is 381. The topological polar surface area (TPSA) is 15.3 Å². The summed E-state index contributed by atoms with van der Waals surface area (Å²) < 4.78 is 0. The number of hydrogen-bond donors (Lipinski definition) is 1. The minimum atomic E-state index is 0.666. The predicted octanol–water partition coefficient (Wildman–Crippen LogP) is 2.70. The molecule has 1 unspecified atom stereocenters. The van der Waals surface area contributed by atoms with Crippen LogP contribution in [0.5, 0.6) is 0 Å². The highest BCUT2D eigenvalue weighted by atomic mass is 15.2. The Hall–Kier alpha value is -0.860. The van der Waals surface area contributed by atoms with Crippen molar-refractivity contribution in [2.45, 2.75) is 33.1 Å². The van der Waals surface area contributed by atoms with Crippen LogP contribution in [0.15, 0.2) is 18.2 Å². The molecular weight excluding hydrogens is 220 g/mol. The van der Waals surface area contributed by atoms with Gasteiger partial charge in [-0.15, -0.1) is 0 Å². The Kier molecular flexibility index (Phi) is 4.79. The summed E-state index contributed by atoms with van der Waals surface area (Å²) >= 11 is 0. The van der Waals surface area contributed by atoms with E-state index in [9.17, 15) is 0 Å². The lowest BCUT2D eigenvalue weighted by molar-refractivity contribution is 0.234. The molecule has 1 atom stereocenters. The van der Waals surface area contributed by atoms with Crippen LogP contribution in [0.25, 0.3) is 0 Å². The number of piperazine rings is 1. The van der Waals surface area contributed by atoms with Crippen molar-refractivity contribution in [3.05, 3.63) is 34.9 Å². The van der Waals surface area contributed by atoms with Crippen LogP contribution in [0.4, 0.5) is 0 Å². The molecule has 1 aromatic rings. The monoisotopic (exact) mass is 246 g/mol. The molecule has 0 spiro atoms. The zero-order chi connectivity index (χ0) is 13.0. The van der Waals surface area contributed by atoms with Crippen LogP contribution in [0.2, 0.25) is 0 Å². The maximum Gasteiger partial charge on any atom is 0.0107 e. The molecule has 1 fully saturated rings. The number of rotatable bonds is 4. The van der Waals surface area contributed by atoms with Gasteiger partial charge in [0.25, 0.3) is 0 Å². The minimum absolute atomic E-state index is 0.666. The summed E-state index contributed by atoms with van der Waals surface area (Å²) in [6.45, 7) is 12.7. The van der Waals surface area contributed by atoms with Gasteiger partial charge in [0.15, 0.2) is 0 Å². The zero-order valence-electron chi connectivity index (χ0n) is 12.0. The van der Waals surface area contributed by atoms with Crippen LogP contribution in [-0.4, -0.2) is 37.6 Å². The Labute approximate surface area is 111 Å². The summed E-state index contributed by atoms with van der Waals surface area (Å²) in [5.74, 6) is 0.666. The molecule has 2 heteroatoms. The molecule has 0 aromatic heterocycles. The van der Waals surface area contributed by atoms with E-state index < -0.39 is 0 Å². The first-order chi connectivity index (χ1) is 8.66. The van der Waals surface area contributed by atoms with E-state index >= 15 is 0 Å². The van der Waals surface area contributed by atoms with E-state index in [4.69, 9.17) is 0 Å². The molecule has 1 aliphatic rings. The lowest BCUT2D eigenvalue weighted by atomic mass is 9.92. The van der Waals surface area contributed by atoms with Gasteiger partial charge in [0.2, 0.25) is 0 Å². The average Bonchev–Trinajstić information content (AvgIpc) is 2.40. The molecule has 1 heterocycles. The minimum Gasteiger partial charge on any atom is -0.314 e. The maximum absolute atomic E-state index is 3.41. The molecule has 2 nitrogen and oxygen atoms in total. The largest absolute Gasteiger partial charge is 0.314 e. The van der Waals surface area contributed by atoms with E-state index in [2.05, 4.69) is 49.2 Å². The summed E-state index contributed by atoms with van der Waals surface area (Å²) in [6, 6.07) is 6.82. The second kappa shape index (κ2) is 6.35. The van der Waals surface area contributed by atoms with E-state index in [1.54, 1.807) is 0 Å². The smallest absolute Gasteiger partial charge is 0.0107 e. The summed E-state index contributed by atoms with van der Waals surface area (Å²) in [7, 11) is 0. The fourth-order valence-electron chi connectivity index (χ4n) is 2.76. The second-order valence-electron chi connectivity index (χ2n) is 5.64. The molecule has 1 N–H and O–H groups in total. The first-order valence-corrected chi connectivity index (χ1v) is 7.17. The van der Waals surface area contributed by atoms with Crippen molar-refractivity contribution in [2.75, 3.05) is 32.7 Å². The van der Waals surface area contributed by atoms with Crippen molar-refractivity contribution < 1.29 is 0 Å². The number of benzene rings is 1. The lowest BCUT2D eigenvalue weighted by Gasteiger charge is -2.28. The number of aryl methyl sites for hydroxylation is 2. The molecule has 2 rings (SSSR count). The van der Waals surface area contributed by atoms with Gasteiger partial charge in [0.05, 0.1) is 0 Å². The Balaban J connectivity index is 1.90. The zero-order valence-corrected chi connectivity index (χ0v) is 12.0. The molecule has 18 heavy (non-hydrogen) atoms. The Morgan fingerprint density at radius 2 is 1.94 bits per heavy atom. The summed E-state index contributed by atoms with van der Waals surface area (Å²) in [5, 5.41) is 3.41. The van der Waals surface area contributed by atoms with E-state index in [1.807, 2.05) is 0 Å². The van der Waals surface area contributed by atoms with Gasteiger partial charge < -0.3 is 10.2 Å². The van der Waals surface area contributed by atoms with Crippen LogP contribution in [0.3, 0.4) is 0 Å². The third kappa shape index (κ3) is 3.56. The van der Waals surface area contributed by atoms with Gasteiger partial charge in [-0.25, -0.2) is 0 Å². The molecule has 1 saturated heterocycles. The summed E-state index contributed by atoms with van der Waals surface area (Å²) in [5.41, 5.74) is 4.35. The maximum atomic E-state index is 3.41. The van der Waals surface area contributed by atoms with Crippen molar-refractivity contribution in [2.24, 2.45) is 0 Å². The van der Waals surface area contributed by atoms with Crippen LogP contribution in [-0.2, 0) is 0 Å². The lowest BCUT2D eigenvalue weighted by Crippen LogP contribution is -2.43. The van der Waals surface area contributed by atoms with Gasteiger partial charge in [-0.2, -0.15) is 0 Å². The molecule has 100 valence electrons. The van der Waals surface area contributed by atoms with Gasteiger partial charge in [0, 0.05) is 26.2 Å². The molecule has 0 radical (unpaired) electrons. The van der Waals surface area contributed by atoms with Crippen molar-refractivity contribution in [1.82, 2.24) is 10.2 Å². The van der Waals surface area contributed by atoms with Gasteiger partial charge in [-0.05, 0) is 43.9 Å². The summed E-state index contributed by atoms with van der Waals surface area (Å²) in [4.78, 5) is 2.58. The first-order valence-electron chi connectivity index (χ1n) is 7.17. The third-order valence-electron chi connectivity index (χ3n) is 4.05. The van der Waals surface area contributed by atoms with Gasteiger partial charge in [-0.1, -0.05) is 30.7 Å². The quantitative estimate of drug-likeness (QED) is 0.879.